The molecule has 98 valence electrons. The predicted octanol–water partition coefficient (Wildman–Crippen LogP) is 1.95. The average molecular weight is 268 g/mol. The van der Waals surface area contributed by atoms with Crippen molar-refractivity contribution in [1.82, 2.24) is 9.88 Å². The van der Waals surface area contributed by atoms with Crippen molar-refractivity contribution in [2.75, 3.05) is 19.7 Å². The summed E-state index contributed by atoms with van der Waals surface area (Å²) in [5, 5.41) is 0.247. The highest BCUT2D eigenvalue weighted by Crippen LogP contribution is 2.18. The minimum absolute atomic E-state index is 0.0252. The number of amides is 1. The van der Waals surface area contributed by atoms with E-state index in [1.165, 1.54) is 12.6 Å². The number of nitrogens with zero attached hydrogens (tertiary/aromatic N) is 2. The van der Waals surface area contributed by atoms with E-state index in [9.17, 15) is 9.59 Å². The van der Waals surface area contributed by atoms with Gasteiger partial charge >= 0.3 is 5.97 Å². The second-order valence-electron chi connectivity index (χ2n) is 4.10. The van der Waals surface area contributed by atoms with E-state index >= 15 is 0 Å². The summed E-state index contributed by atoms with van der Waals surface area (Å²) < 4.78 is 4.85. The maximum Gasteiger partial charge on any atom is 0.367 e. The molecule has 0 spiro atoms. The van der Waals surface area contributed by atoms with Crippen molar-refractivity contribution in [2.24, 2.45) is 0 Å². The lowest BCUT2D eigenvalue weighted by molar-refractivity contribution is 0.0525. The highest BCUT2D eigenvalue weighted by Gasteiger charge is 2.22. The van der Waals surface area contributed by atoms with Crippen LogP contribution in [-0.4, -0.2) is 41.5 Å². The van der Waals surface area contributed by atoms with Crippen molar-refractivity contribution >= 4 is 23.2 Å². The van der Waals surface area contributed by atoms with Crippen LogP contribution in [0.4, 0.5) is 0 Å². The summed E-state index contributed by atoms with van der Waals surface area (Å²) in [6, 6.07) is 0. The number of rotatable bonds is 3. The third-order valence-electron chi connectivity index (χ3n) is 2.81. The van der Waals surface area contributed by atoms with Crippen LogP contribution in [0.25, 0.3) is 0 Å². The van der Waals surface area contributed by atoms with E-state index < -0.39 is 5.97 Å². The van der Waals surface area contributed by atoms with Crippen molar-refractivity contribution < 1.29 is 14.3 Å². The number of ether oxygens (including phenoxy) is 1. The molecular weight excluding hydrogens is 252 g/mol. The SMILES string of the molecule is CCOC(=O)c1ncc(C(=O)N2CCCCC2)s1. The first-order valence-electron chi connectivity index (χ1n) is 6.14. The van der Waals surface area contributed by atoms with Crippen molar-refractivity contribution in [2.45, 2.75) is 26.2 Å². The molecule has 1 amide bonds. The summed E-state index contributed by atoms with van der Waals surface area (Å²) in [4.78, 5) is 29.9. The number of hydrogen-bond acceptors (Lipinski definition) is 5. The normalized spacial score (nSPS) is 15.5. The van der Waals surface area contributed by atoms with E-state index in [1.807, 2.05) is 4.90 Å². The monoisotopic (exact) mass is 268 g/mol. The highest BCUT2D eigenvalue weighted by atomic mass is 32.1. The van der Waals surface area contributed by atoms with Crippen LogP contribution in [0.15, 0.2) is 6.20 Å². The van der Waals surface area contributed by atoms with E-state index in [1.54, 1.807) is 6.92 Å². The Bertz CT molecular complexity index is 438. The van der Waals surface area contributed by atoms with Gasteiger partial charge in [-0.2, -0.15) is 0 Å². The van der Waals surface area contributed by atoms with E-state index in [0.717, 1.165) is 37.3 Å². The molecule has 0 N–H and O–H groups in total. The molecule has 0 unspecified atom stereocenters. The van der Waals surface area contributed by atoms with Gasteiger partial charge in [0, 0.05) is 13.1 Å². The van der Waals surface area contributed by atoms with Gasteiger partial charge in [-0.15, -0.1) is 11.3 Å². The summed E-state index contributed by atoms with van der Waals surface area (Å²) in [5.41, 5.74) is 0. The number of carbonyl (C=O) groups excluding carboxylic acids is 2. The van der Waals surface area contributed by atoms with Crippen LogP contribution in [0, 0.1) is 0 Å². The number of carbonyl (C=O) groups is 2. The Morgan fingerprint density at radius 1 is 1.39 bits per heavy atom. The number of likely N-dealkylation sites (tertiary alicyclic amines) is 1. The van der Waals surface area contributed by atoms with E-state index in [0.29, 0.717) is 11.5 Å². The van der Waals surface area contributed by atoms with Gasteiger partial charge in [0.25, 0.3) is 5.91 Å². The highest BCUT2D eigenvalue weighted by molar-refractivity contribution is 7.15. The van der Waals surface area contributed by atoms with Gasteiger partial charge in [0.15, 0.2) is 0 Å². The standard InChI is InChI=1S/C12H16N2O3S/c1-2-17-12(16)10-13-8-9(18-10)11(15)14-6-4-3-5-7-14/h8H,2-7H2,1H3. The first kappa shape index (κ1) is 13.0. The Balaban J connectivity index is 2.04. The Labute approximate surface area is 110 Å². The van der Waals surface area contributed by atoms with Crippen LogP contribution in [0.2, 0.25) is 0 Å². The Hall–Kier alpha value is -1.43. The van der Waals surface area contributed by atoms with Gasteiger partial charge in [-0.25, -0.2) is 9.78 Å². The smallest absolute Gasteiger partial charge is 0.367 e. The molecule has 0 atom stereocenters. The van der Waals surface area contributed by atoms with Crippen LogP contribution in [-0.2, 0) is 4.74 Å². The Kier molecular flexibility index (Phi) is 4.30. The molecule has 1 aromatic heterocycles. The summed E-state index contributed by atoms with van der Waals surface area (Å²) in [5.74, 6) is -0.483. The summed E-state index contributed by atoms with van der Waals surface area (Å²) in [7, 11) is 0. The minimum atomic E-state index is -0.458. The molecule has 1 saturated heterocycles. The number of esters is 1. The lowest BCUT2D eigenvalue weighted by Crippen LogP contribution is -2.35. The van der Waals surface area contributed by atoms with Crippen LogP contribution in [0.5, 0.6) is 0 Å². The van der Waals surface area contributed by atoms with Crippen LogP contribution in [0.1, 0.15) is 45.7 Å². The zero-order valence-corrected chi connectivity index (χ0v) is 11.2. The number of thiazole rings is 1. The molecule has 0 aromatic carbocycles. The van der Waals surface area contributed by atoms with E-state index in [2.05, 4.69) is 4.98 Å². The third kappa shape index (κ3) is 2.87. The van der Waals surface area contributed by atoms with Gasteiger partial charge in [-0.05, 0) is 26.2 Å². The second kappa shape index (κ2) is 5.95. The summed E-state index contributed by atoms with van der Waals surface area (Å²) >= 11 is 1.11. The molecular formula is C12H16N2O3S. The van der Waals surface area contributed by atoms with Crippen molar-refractivity contribution in [3.05, 3.63) is 16.1 Å². The largest absolute Gasteiger partial charge is 0.461 e. The second-order valence-corrected chi connectivity index (χ2v) is 5.13. The van der Waals surface area contributed by atoms with Gasteiger partial charge < -0.3 is 9.64 Å². The van der Waals surface area contributed by atoms with Crippen LogP contribution >= 0.6 is 11.3 Å². The van der Waals surface area contributed by atoms with E-state index in [4.69, 9.17) is 4.74 Å². The molecule has 5 nitrogen and oxygen atoms in total. The Morgan fingerprint density at radius 2 is 2.11 bits per heavy atom. The van der Waals surface area contributed by atoms with Gasteiger partial charge in [0.2, 0.25) is 5.01 Å². The lowest BCUT2D eigenvalue weighted by atomic mass is 10.1. The maximum absolute atomic E-state index is 12.1. The molecule has 18 heavy (non-hydrogen) atoms. The zero-order valence-electron chi connectivity index (χ0n) is 10.3. The van der Waals surface area contributed by atoms with Crippen molar-refractivity contribution in [3.63, 3.8) is 0 Å². The third-order valence-corrected chi connectivity index (χ3v) is 3.78. The molecule has 1 aliphatic rings. The van der Waals surface area contributed by atoms with Gasteiger partial charge in [-0.1, -0.05) is 0 Å². The average Bonchev–Trinajstić information content (AvgIpc) is 2.89. The van der Waals surface area contributed by atoms with Crippen molar-refractivity contribution in [3.8, 4) is 0 Å². The van der Waals surface area contributed by atoms with Crippen LogP contribution in [0.3, 0.4) is 0 Å². The fourth-order valence-electron chi connectivity index (χ4n) is 1.91. The number of hydrogen-bond donors (Lipinski definition) is 0. The molecule has 6 heteroatoms. The quantitative estimate of drug-likeness (QED) is 0.786. The fraction of sp³-hybridized carbons (Fsp3) is 0.583. The first-order valence-corrected chi connectivity index (χ1v) is 6.96. The van der Waals surface area contributed by atoms with Gasteiger partial charge in [0.1, 0.15) is 4.88 Å². The topological polar surface area (TPSA) is 59.5 Å². The summed E-state index contributed by atoms with van der Waals surface area (Å²) in [6.07, 6.45) is 4.75. The predicted molar refractivity (Wildman–Crippen MR) is 67.8 cm³/mol. The van der Waals surface area contributed by atoms with Crippen molar-refractivity contribution in [1.29, 1.82) is 0 Å². The molecule has 0 saturated carbocycles. The molecule has 2 heterocycles. The maximum atomic E-state index is 12.1. The molecule has 0 bridgehead atoms. The number of piperidine rings is 1. The van der Waals surface area contributed by atoms with Gasteiger partial charge in [0.05, 0.1) is 12.8 Å². The molecule has 1 fully saturated rings. The first-order chi connectivity index (χ1) is 8.72. The zero-order chi connectivity index (χ0) is 13.0. The van der Waals surface area contributed by atoms with Crippen LogP contribution < -0.4 is 0 Å². The molecule has 1 aliphatic heterocycles. The molecule has 2 rings (SSSR count). The Morgan fingerprint density at radius 3 is 2.78 bits per heavy atom. The summed E-state index contributed by atoms with van der Waals surface area (Å²) in [6.45, 7) is 3.65. The fourth-order valence-corrected chi connectivity index (χ4v) is 2.69. The number of aromatic nitrogens is 1. The lowest BCUT2D eigenvalue weighted by Gasteiger charge is -2.25. The molecule has 0 radical (unpaired) electrons. The van der Waals surface area contributed by atoms with Gasteiger partial charge in [-0.3, -0.25) is 4.79 Å². The van der Waals surface area contributed by atoms with E-state index in [-0.39, 0.29) is 10.9 Å². The minimum Gasteiger partial charge on any atom is -0.461 e. The molecule has 0 aliphatic carbocycles. The molecule has 1 aromatic rings.